The van der Waals surface area contributed by atoms with Crippen LogP contribution in [0.1, 0.15) is 11.7 Å². The molecule has 0 amide bonds. The highest BCUT2D eigenvalue weighted by Crippen LogP contribution is 2.09. The molecule has 0 radical (unpaired) electrons. The predicted molar refractivity (Wildman–Crippen MR) is 49.9 cm³/mol. The minimum Gasteiger partial charge on any atom is -0.311 e. The molecule has 2 nitrogen and oxygen atoms in total. The first-order chi connectivity index (χ1) is 5.38. The van der Waals surface area contributed by atoms with Crippen molar-refractivity contribution >= 4 is 12.6 Å². The molecule has 0 aliphatic carbocycles. The summed E-state index contributed by atoms with van der Waals surface area (Å²) in [6.45, 7) is 0. The van der Waals surface area contributed by atoms with E-state index >= 15 is 0 Å². The van der Waals surface area contributed by atoms with Crippen molar-refractivity contribution in [3.8, 4) is 0 Å². The zero-order valence-electron chi connectivity index (χ0n) is 6.49. The van der Waals surface area contributed by atoms with E-state index in [4.69, 9.17) is 0 Å². The SMILES string of the molecule is CNC(CS)c1ccccn1. The van der Waals surface area contributed by atoms with Crippen LogP contribution in [0.4, 0.5) is 0 Å². The maximum Gasteiger partial charge on any atom is 0.0581 e. The summed E-state index contributed by atoms with van der Waals surface area (Å²) in [6.07, 6.45) is 1.79. The van der Waals surface area contributed by atoms with E-state index in [0.717, 1.165) is 11.4 Å². The van der Waals surface area contributed by atoms with Gasteiger partial charge in [-0.2, -0.15) is 12.6 Å². The summed E-state index contributed by atoms with van der Waals surface area (Å²) in [5.41, 5.74) is 1.05. The van der Waals surface area contributed by atoms with Gasteiger partial charge in [0.2, 0.25) is 0 Å². The lowest BCUT2D eigenvalue weighted by atomic mass is 10.2. The summed E-state index contributed by atoms with van der Waals surface area (Å²) in [6, 6.07) is 6.15. The molecule has 1 heterocycles. The van der Waals surface area contributed by atoms with Gasteiger partial charge < -0.3 is 5.32 Å². The number of rotatable bonds is 3. The zero-order valence-corrected chi connectivity index (χ0v) is 7.38. The van der Waals surface area contributed by atoms with Gasteiger partial charge in [-0.3, -0.25) is 4.98 Å². The monoisotopic (exact) mass is 168 g/mol. The average Bonchev–Trinajstić information content (AvgIpc) is 2.09. The van der Waals surface area contributed by atoms with Gasteiger partial charge in [0, 0.05) is 11.9 Å². The Balaban J connectivity index is 2.74. The highest BCUT2D eigenvalue weighted by Gasteiger charge is 2.05. The maximum absolute atomic E-state index is 4.21. The van der Waals surface area contributed by atoms with Crippen LogP contribution in [0.2, 0.25) is 0 Å². The molecular formula is C8H12N2S. The van der Waals surface area contributed by atoms with Crippen molar-refractivity contribution in [1.82, 2.24) is 10.3 Å². The van der Waals surface area contributed by atoms with Crippen molar-refractivity contribution in [2.45, 2.75) is 6.04 Å². The third kappa shape index (κ3) is 2.20. The minimum atomic E-state index is 0.263. The summed E-state index contributed by atoms with van der Waals surface area (Å²) in [5, 5.41) is 3.13. The molecule has 1 rings (SSSR count). The fourth-order valence-corrected chi connectivity index (χ4v) is 1.28. The fraction of sp³-hybridized carbons (Fsp3) is 0.375. The summed E-state index contributed by atoms with van der Waals surface area (Å²) >= 11 is 4.20. The van der Waals surface area contributed by atoms with Crippen LogP contribution in [0, 0.1) is 0 Å². The second-order valence-electron chi connectivity index (χ2n) is 2.28. The van der Waals surface area contributed by atoms with Crippen LogP contribution in [0.3, 0.4) is 0 Å². The molecule has 0 spiro atoms. The Bertz CT molecular complexity index is 197. The van der Waals surface area contributed by atoms with E-state index in [1.807, 2.05) is 25.2 Å². The number of hydrogen-bond acceptors (Lipinski definition) is 3. The summed E-state index contributed by atoms with van der Waals surface area (Å²) in [7, 11) is 1.91. The van der Waals surface area contributed by atoms with E-state index in [9.17, 15) is 0 Å². The van der Waals surface area contributed by atoms with E-state index in [1.165, 1.54) is 0 Å². The molecule has 0 aliphatic rings. The normalized spacial score (nSPS) is 12.9. The molecule has 0 bridgehead atoms. The molecule has 1 unspecified atom stereocenters. The zero-order chi connectivity index (χ0) is 8.10. The molecule has 1 aromatic heterocycles. The van der Waals surface area contributed by atoms with Gasteiger partial charge in [0.15, 0.2) is 0 Å². The van der Waals surface area contributed by atoms with Gasteiger partial charge in [-0.15, -0.1) is 0 Å². The van der Waals surface area contributed by atoms with Crippen LogP contribution in [0.15, 0.2) is 24.4 Å². The van der Waals surface area contributed by atoms with Crippen molar-refractivity contribution in [3.63, 3.8) is 0 Å². The smallest absolute Gasteiger partial charge is 0.0581 e. The Kier molecular flexibility index (Phi) is 3.39. The van der Waals surface area contributed by atoms with E-state index in [2.05, 4.69) is 22.9 Å². The van der Waals surface area contributed by atoms with Gasteiger partial charge in [-0.1, -0.05) is 6.07 Å². The first kappa shape index (κ1) is 8.56. The number of pyridine rings is 1. The first-order valence-corrected chi connectivity index (χ1v) is 4.20. The van der Waals surface area contributed by atoms with Gasteiger partial charge in [0.25, 0.3) is 0 Å². The quantitative estimate of drug-likeness (QED) is 0.664. The lowest BCUT2D eigenvalue weighted by Gasteiger charge is -2.11. The lowest BCUT2D eigenvalue weighted by molar-refractivity contribution is 0.643. The number of nitrogens with zero attached hydrogens (tertiary/aromatic N) is 1. The molecular weight excluding hydrogens is 156 g/mol. The summed E-state index contributed by atoms with van der Waals surface area (Å²) in [4.78, 5) is 4.21. The molecule has 0 saturated carbocycles. The maximum atomic E-state index is 4.21. The number of aromatic nitrogens is 1. The second-order valence-corrected chi connectivity index (χ2v) is 2.64. The van der Waals surface area contributed by atoms with Crippen LogP contribution in [0.5, 0.6) is 0 Å². The molecule has 1 N–H and O–H groups in total. The fourth-order valence-electron chi connectivity index (χ4n) is 0.915. The molecule has 0 aromatic carbocycles. The second kappa shape index (κ2) is 4.36. The Morgan fingerprint density at radius 2 is 2.45 bits per heavy atom. The van der Waals surface area contributed by atoms with E-state index in [1.54, 1.807) is 6.20 Å². The first-order valence-electron chi connectivity index (χ1n) is 3.57. The number of thiol groups is 1. The van der Waals surface area contributed by atoms with Gasteiger partial charge in [0.05, 0.1) is 11.7 Å². The van der Waals surface area contributed by atoms with Gasteiger partial charge >= 0.3 is 0 Å². The predicted octanol–water partition coefficient (Wildman–Crippen LogP) is 1.27. The Hall–Kier alpha value is -0.540. The Morgan fingerprint density at radius 1 is 1.64 bits per heavy atom. The highest BCUT2D eigenvalue weighted by atomic mass is 32.1. The van der Waals surface area contributed by atoms with Crippen LogP contribution in [-0.4, -0.2) is 17.8 Å². The van der Waals surface area contributed by atoms with Gasteiger partial charge in [-0.25, -0.2) is 0 Å². The molecule has 1 atom stereocenters. The van der Waals surface area contributed by atoms with Crippen LogP contribution >= 0.6 is 12.6 Å². The van der Waals surface area contributed by atoms with Gasteiger partial charge in [-0.05, 0) is 19.2 Å². The van der Waals surface area contributed by atoms with Crippen LogP contribution < -0.4 is 5.32 Å². The standard InChI is InChI=1S/C8H12N2S/c1-9-8(6-11)7-4-2-3-5-10-7/h2-5,8-9,11H,6H2,1H3. The van der Waals surface area contributed by atoms with E-state index in [-0.39, 0.29) is 6.04 Å². The van der Waals surface area contributed by atoms with Crippen LogP contribution in [-0.2, 0) is 0 Å². The molecule has 60 valence electrons. The van der Waals surface area contributed by atoms with Crippen molar-refractivity contribution in [2.24, 2.45) is 0 Å². The third-order valence-corrected chi connectivity index (χ3v) is 1.94. The summed E-state index contributed by atoms with van der Waals surface area (Å²) < 4.78 is 0. The van der Waals surface area contributed by atoms with Gasteiger partial charge in [0.1, 0.15) is 0 Å². The largest absolute Gasteiger partial charge is 0.311 e. The van der Waals surface area contributed by atoms with Crippen molar-refractivity contribution in [3.05, 3.63) is 30.1 Å². The molecule has 0 aliphatic heterocycles. The average molecular weight is 168 g/mol. The number of hydrogen-bond donors (Lipinski definition) is 2. The van der Waals surface area contributed by atoms with E-state index < -0.39 is 0 Å². The molecule has 11 heavy (non-hydrogen) atoms. The molecule has 1 aromatic rings. The van der Waals surface area contributed by atoms with Crippen LogP contribution in [0.25, 0.3) is 0 Å². The van der Waals surface area contributed by atoms with Crippen molar-refractivity contribution < 1.29 is 0 Å². The topological polar surface area (TPSA) is 24.9 Å². The highest BCUT2D eigenvalue weighted by molar-refractivity contribution is 7.80. The van der Waals surface area contributed by atoms with Crippen molar-refractivity contribution in [2.75, 3.05) is 12.8 Å². The van der Waals surface area contributed by atoms with Crippen molar-refractivity contribution in [1.29, 1.82) is 0 Å². The van der Waals surface area contributed by atoms with E-state index in [0.29, 0.717) is 0 Å². The molecule has 0 fully saturated rings. The number of nitrogens with one attached hydrogen (secondary N) is 1. The molecule has 0 saturated heterocycles. The molecule has 3 heteroatoms. The Morgan fingerprint density at radius 3 is 2.91 bits per heavy atom. The lowest BCUT2D eigenvalue weighted by Crippen LogP contribution is -2.18. The summed E-state index contributed by atoms with van der Waals surface area (Å²) in [5.74, 6) is 0.771. The third-order valence-electron chi connectivity index (χ3n) is 1.58. The minimum absolute atomic E-state index is 0.263. The Labute approximate surface area is 72.5 Å².